The molecule has 2 fully saturated rings. The predicted molar refractivity (Wildman–Crippen MR) is 52.0 cm³/mol. The summed E-state index contributed by atoms with van der Waals surface area (Å²) in [6, 6.07) is 0. The quantitative estimate of drug-likeness (QED) is 0.590. The van der Waals surface area contributed by atoms with Crippen LogP contribution in [0.4, 0.5) is 0 Å². The summed E-state index contributed by atoms with van der Waals surface area (Å²) < 4.78 is 11.2. The molecule has 0 aromatic carbocycles. The van der Waals surface area contributed by atoms with E-state index in [1.807, 2.05) is 0 Å². The van der Waals surface area contributed by atoms with Gasteiger partial charge in [-0.05, 0) is 5.41 Å². The van der Waals surface area contributed by atoms with Crippen LogP contribution in [0.5, 0.6) is 0 Å². The molecule has 14 heavy (non-hydrogen) atoms. The molecule has 3 heteroatoms. The van der Waals surface area contributed by atoms with Gasteiger partial charge in [-0.15, -0.1) is 0 Å². The molecule has 0 aromatic rings. The third-order valence-electron chi connectivity index (χ3n) is 3.23. The van der Waals surface area contributed by atoms with E-state index in [0.717, 1.165) is 6.61 Å². The molecule has 0 saturated carbocycles. The molecule has 3 nitrogen and oxygen atoms in total. The molecule has 2 heterocycles. The minimum atomic E-state index is 0.0143. The first-order valence-corrected chi connectivity index (χ1v) is 5.23. The Morgan fingerprint density at radius 1 is 1.29 bits per heavy atom. The van der Waals surface area contributed by atoms with Gasteiger partial charge in [0, 0.05) is 12.3 Å². The van der Waals surface area contributed by atoms with E-state index in [0.29, 0.717) is 12.3 Å². The monoisotopic (exact) mass is 198 g/mol. The van der Waals surface area contributed by atoms with Crippen molar-refractivity contribution in [3.8, 4) is 0 Å². The van der Waals surface area contributed by atoms with E-state index in [9.17, 15) is 4.79 Å². The predicted octanol–water partition coefficient (Wildman–Crippen LogP) is 1.41. The standard InChI is InChI=1S/C11H18O3/c1-11(2,3)8-6-13-9-4-7(12)5-14-10(8)9/h8-10H,4-6H2,1-3H3. The van der Waals surface area contributed by atoms with Gasteiger partial charge in [-0.3, -0.25) is 4.79 Å². The number of ketones is 1. The van der Waals surface area contributed by atoms with Gasteiger partial charge in [0.1, 0.15) is 6.61 Å². The third kappa shape index (κ3) is 1.71. The highest BCUT2D eigenvalue weighted by Crippen LogP contribution is 2.39. The van der Waals surface area contributed by atoms with E-state index < -0.39 is 0 Å². The molecule has 2 rings (SSSR count). The highest BCUT2D eigenvalue weighted by Gasteiger charge is 2.46. The maximum atomic E-state index is 11.2. The van der Waals surface area contributed by atoms with Crippen molar-refractivity contribution in [3.63, 3.8) is 0 Å². The highest BCUT2D eigenvalue weighted by molar-refractivity contribution is 5.81. The number of Topliss-reactive ketones (excluding diaryl/α,β-unsaturated/α-hetero) is 1. The maximum Gasteiger partial charge on any atom is 0.161 e. The van der Waals surface area contributed by atoms with E-state index in [1.165, 1.54) is 0 Å². The first-order valence-electron chi connectivity index (χ1n) is 5.23. The molecule has 3 atom stereocenters. The van der Waals surface area contributed by atoms with Gasteiger partial charge in [0.05, 0.1) is 18.8 Å². The van der Waals surface area contributed by atoms with Crippen molar-refractivity contribution in [2.45, 2.75) is 39.4 Å². The van der Waals surface area contributed by atoms with Gasteiger partial charge in [-0.25, -0.2) is 0 Å². The second-order valence-corrected chi connectivity index (χ2v) is 5.36. The first-order chi connectivity index (χ1) is 6.48. The Morgan fingerprint density at radius 2 is 2.00 bits per heavy atom. The summed E-state index contributed by atoms with van der Waals surface area (Å²) in [4.78, 5) is 11.2. The number of hydrogen-bond donors (Lipinski definition) is 0. The third-order valence-corrected chi connectivity index (χ3v) is 3.23. The molecule has 2 aliphatic heterocycles. The lowest BCUT2D eigenvalue weighted by Crippen LogP contribution is -2.42. The van der Waals surface area contributed by atoms with Crippen LogP contribution >= 0.6 is 0 Å². The molecule has 0 amide bonds. The normalized spacial score (nSPS) is 38.5. The van der Waals surface area contributed by atoms with Gasteiger partial charge in [0.25, 0.3) is 0 Å². The zero-order chi connectivity index (χ0) is 10.3. The van der Waals surface area contributed by atoms with Crippen molar-refractivity contribution in [1.29, 1.82) is 0 Å². The summed E-state index contributed by atoms with van der Waals surface area (Å²) in [6.07, 6.45) is 0.685. The number of rotatable bonds is 0. The topological polar surface area (TPSA) is 35.5 Å². The van der Waals surface area contributed by atoms with E-state index in [4.69, 9.17) is 9.47 Å². The summed E-state index contributed by atoms with van der Waals surface area (Å²) in [5.41, 5.74) is 0.194. The van der Waals surface area contributed by atoms with E-state index >= 15 is 0 Å². The van der Waals surface area contributed by atoms with Gasteiger partial charge in [-0.1, -0.05) is 20.8 Å². The Bertz CT molecular complexity index is 241. The van der Waals surface area contributed by atoms with Crippen LogP contribution in [0.25, 0.3) is 0 Å². The minimum Gasteiger partial charge on any atom is -0.375 e. The van der Waals surface area contributed by atoms with Crippen LogP contribution in [0.3, 0.4) is 0 Å². The summed E-state index contributed by atoms with van der Waals surface area (Å²) >= 11 is 0. The zero-order valence-corrected chi connectivity index (χ0v) is 9.08. The van der Waals surface area contributed by atoms with E-state index in [1.54, 1.807) is 0 Å². The van der Waals surface area contributed by atoms with Gasteiger partial charge >= 0.3 is 0 Å². The Kier molecular flexibility index (Phi) is 2.40. The largest absolute Gasteiger partial charge is 0.375 e. The average Bonchev–Trinajstić information content (AvgIpc) is 2.45. The summed E-state index contributed by atoms with van der Waals surface area (Å²) in [5.74, 6) is 0.585. The molecular formula is C11H18O3. The number of hydrogen-bond acceptors (Lipinski definition) is 3. The SMILES string of the molecule is CC(C)(C)C1COC2CC(=O)COC21. The van der Waals surface area contributed by atoms with Crippen molar-refractivity contribution < 1.29 is 14.3 Å². The Morgan fingerprint density at radius 3 is 2.64 bits per heavy atom. The van der Waals surface area contributed by atoms with Crippen LogP contribution in [0.15, 0.2) is 0 Å². The van der Waals surface area contributed by atoms with Crippen LogP contribution in [-0.4, -0.2) is 31.2 Å². The smallest absolute Gasteiger partial charge is 0.161 e. The molecule has 2 aliphatic rings. The summed E-state index contributed by atoms with van der Waals surface area (Å²) in [7, 11) is 0. The van der Waals surface area contributed by atoms with Crippen LogP contribution in [0.1, 0.15) is 27.2 Å². The number of fused-ring (bicyclic) bond motifs is 1. The fourth-order valence-electron chi connectivity index (χ4n) is 2.29. The van der Waals surface area contributed by atoms with Gasteiger partial charge in [-0.2, -0.15) is 0 Å². The van der Waals surface area contributed by atoms with Crippen LogP contribution in [0.2, 0.25) is 0 Å². The Balaban J connectivity index is 2.09. The lowest BCUT2D eigenvalue weighted by Gasteiger charge is -2.33. The van der Waals surface area contributed by atoms with Crippen molar-refractivity contribution in [3.05, 3.63) is 0 Å². The zero-order valence-electron chi connectivity index (χ0n) is 9.08. The van der Waals surface area contributed by atoms with Crippen molar-refractivity contribution in [2.24, 2.45) is 11.3 Å². The molecule has 2 saturated heterocycles. The van der Waals surface area contributed by atoms with Crippen LogP contribution in [-0.2, 0) is 14.3 Å². The Labute approximate surface area is 84.8 Å². The molecule has 0 aromatic heterocycles. The summed E-state index contributed by atoms with van der Waals surface area (Å²) in [6.45, 7) is 7.60. The van der Waals surface area contributed by atoms with E-state index in [-0.39, 0.29) is 30.0 Å². The molecule has 0 spiro atoms. The van der Waals surface area contributed by atoms with Gasteiger partial charge < -0.3 is 9.47 Å². The maximum absolute atomic E-state index is 11.2. The number of carbonyl (C=O) groups is 1. The second kappa shape index (κ2) is 3.31. The molecule has 3 unspecified atom stereocenters. The molecule has 80 valence electrons. The highest BCUT2D eigenvalue weighted by atomic mass is 16.6. The van der Waals surface area contributed by atoms with E-state index in [2.05, 4.69) is 20.8 Å². The molecule has 0 radical (unpaired) electrons. The van der Waals surface area contributed by atoms with Crippen LogP contribution < -0.4 is 0 Å². The van der Waals surface area contributed by atoms with Crippen LogP contribution in [0, 0.1) is 11.3 Å². The average molecular weight is 198 g/mol. The fourth-order valence-corrected chi connectivity index (χ4v) is 2.29. The van der Waals surface area contributed by atoms with Gasteiger partial charge in [0.2, 0.25) is 0 Å². The summed E-state index contributed by atoms with van der Waals surface area (Å²) in [5, 5.41) is 0. The number of carbonyl (C=O) groups excluding carboxylic acids is 1. The number of ether oxygens (including phenoxy) is 2. The molecule has 0 N–H and O–H groups in total. The molecular weight excluding hydrogens is 180 g/mol. The second-order valence-electron chi connectivity index (χ2n) is 5.36. The lowest BCUT2D eigenvalue weighted by molar-refractivity contribution is -0.140. The van der Waals surface area contributed by atoms with Gasteiger partial charge in [0.15, 0.2) is 5.78 Å². The van der Waals surface area contributed by atoms with Crippen molar-refractivity contribution >= 4 is 5.78 Å². The molecule has 0 aliphatic carbocycles. The first kappa shape index (κ1) is 10.1. The minimum absolute atomic E-state index is 0.0143. The fraction of sp³-hybridized carbons (Fsp3) is 0.909. The Hall–Kier alpha value is -0.410. The van der Waals surface area contributed by atoms with Crippen molar-refractivity contribution in [1.82, 2.24) is 0 Å². The molecule has 0 bridgehead atoms. The van der Waals surface area contributed by atoms with Crippen molar-refractivity contribution in [2.75, 3.05) is 13.2 Å². The lowest BCUT2D eigenvalue weighted by atomic mass is 9.77.